The van der Waals surface area contributed by atoms with Crippen molar-refractivity contribution >= 4 is 22.5 Å². The Morgan fingerprint density at radius 1 is 1.12 bits per heavy atom. The SMILES string of the molecule is CNC(=O)c1ccc(N2CCN(Cc3ccc4c(=O)n(C(C)C)c(=O)[nH]c4c3)CC2)c(C)n1. The first-order chi connectivity index (χ1) is 15.8. The lowest BCUT2D eigenvalue weighted by Gasteiger charge is -2.36. The Kier molecular flexibility index (Phi) is 6.33. The summed E-state index contributed by atoms with van der Waals surface area (Å²) in [6.45, 7) is 9.77. The summed E-state index contributed by atoms with van der Waals surface area (Å²) in [6.07, 6.45) is 0. The average Bonchev–Trinajstić information content (AvgIpc) is 2.78. The van der Waals surface area contributed by atoms with Crippen molar-refractivity contribution in [3.8, 4) is 0 Å². The summed E-state index contributed by atoms with van der Waals surface area (Å²) in [5, 5.41) is 3.13. The minimum absolute atomic E-state index is 0.186. The van der Waals surface area contributed by atoms with E-state index >= 15 is 0 Å². The summed E-state index contributed by atoms with van der Waals surface area (Å²) in [5.74, 6) is -0.186. The van der Waals surface area contributed by atoms with Crippen LogP contribution in [0.5, 0.6) is 0 Å². The van der Waals surface area contributed by atoms with Crippen LogP contribution in [0.25, 0.3) is 10.9 Å². The maximum absolute atomic E-state index is 12.7. The van der Waals surface area contributed by atoms with Crippen LogP contribution in [-0.4, -0.2) is 58.6 Å². The Labute approximate surface area is 192 Å². The molecule has 1 fully saturated rings. The van der Waals surface area contributed by atoms with Gasteiger partial charge >= 0.3 is 5.69 Å². The number of nitrogens with zero attached hydrogens (tertiary/aromatic N) is 4. The summed E-state index contributed by atoms with van der Waals surface area (Å²) in [5.41, 5.74) is 3.32. The highest BCUT2D eigenvalue weighted by molar-refractivity contribution is 5.92. The van der Waals surface area contributed by atoms with Crippen molar-refractivity contribution in [2.75, 3.05) is 38.1 Å². The standard InChI is InChI=1S/C24H30N6O3/c1-15(2)30-23(32)18-6-5-17(13-20(18)27-24(30)33)14-28-9-11-29(12-10-28)21-8-7-19(22(31)25-4)26-16(21)3/h5-8,13,15H,9-12,14H2,1-4H3,(H,25,31)(H,27,33). The number of aryl methyl sites for hydroxylation is 1. The Hall–Kier alpha value is -3.46. The van der Waals surface area contributed by atoms with Crippen LogP contribution in [0.15, 0.2) is 39.9 Å². The molecule has 3 heterocycles. The third-order valence-electron chi connectivity index (χ3n) is 6.15. The number of carbonyl (C=O) groups excluding carboxylic acids is 1. The molecule has 9 heteroatoms. The summed E-state index contributed by atoms with van der Waals surface area (Å²) < 4.78 is 1.25. The summed E-state index contributed by atoms with van der Waals surface area (Å²) in [7, 11) is 1.60. The molecule has 1 aromatic carbocycles. The molecule has 0 unspecified atom stereocenters. The number of anilines is 1. The number of pyridine rings is 1. The van der Waals surface area contributed by atoms with Crippen LogP contribution < -0.4 is 21.5 Å². The molecule has 0 saturated carbocycles. The molecule has 0 aliphatic carbocycles. The predicted octanol–water partition coefficient (Wildman–Crippen LogP) is 1.66. The van der Waals surface area contributed by atoms with Crippen molar-refractivity contribution in [3.05, 3.63) is 68.1 Å². The van der Waals surface area contributed by atoms with E-state index in [1.807, 2.05) is 39.0 Å². The number of amides is 1. The Balaban J connectivity index is 1.45. The number of H-pyrrole nitrogens is 1. The fourth-order valence-electron chi connectivity index (χ4n) is 4.39. The maximum Gasteiger partial charge on any atom is 0.329 e. The largest absolute Gasteiger partial charge is 0.368 e. The van der Waals surface area contributed by atoms with Gasteiger partial charge in [-0.25, -0.2) is 9.78 Å². The van der Waals surface area contributed by atoms with Gasteiger partial charge in [0.2, 0.25) is 0 Å². The molecule has 33 heavy (non-hydrogen) atoms. The molecule has 0 bridgehead atoms. The quantitative estimate of drug-likeness (QED) is 0.613. The molecule has 1 aliphatic rings. The van der Waals surface area contributed by atoms with Crippen molar-refractivity contribution in [1.82, 2.24) is 24.8 Å². The number of hydrogen-bond acceptors (Lipinski definition) is 6. The molecule has 2 aromatic heterocycles. The Morgan fingerprint density at radius 3 is 2.48 bits per heavy atom. The van der Waals surface area contributed by atoms with E-state index in [1.165, 1.54) is 4.57 Å². The van der Waals surface area contributed by atoms with Crippen LogP contribution in [0.3, 0.4) is 0 Å². The van der Waals surface area contributed by atoms with Crippen LogP contribution in [0.2, 0.25) is 0 Å². The zero-order valence-electron chi connectivity index (χ0n) is 19.5. The third-order valence-corrected chi connectivity index (χ3v) is 6.15. The molecular formula is C24H30N6O3. The van der Waals surface area contributed by atoms with Crippen molar-refractivity contribution < 1.29 is 4.79 Å². The van der Waals surface area contributed by atoms with Gasteiger partial charge in [0.05, 0.1) is 22.3 Å². The van der Waals surface area contributed by atoms with E-state index in [9.17, 15) is 14.4 Å². The molecule has 2 N–H and O–H groups in total. The third kappa shape index (κ3) is 4.54. The van der Waals surface area contributed by atoms with E-state index in [1.54, 1.807) is 19.2 Å². The van der Waals surface area contributed by atoms with Crippen molar-refractivity contribution in [3.63, 3.8) is 0 Å². The average molecular weight is 451 g/mol. The Bertz CT molecular complexity index is 1300. The van der Waals surface area contributed by atoms with Crippen molar-refractivity contribution in [2.24, 2.45) is 0 Å². The fourth-order valence-corrected chi connectivity index (χ4v) is 4.39. The first kappa shape index (κ1) is 22.7. The number of fused-ring (bicyclic) bond motifs is 1. The number of piperazine rings is 1. The highest BCUT2D eigenvalue weighted by Gasteiger charge is 2.20. The van der Waals surface area contributed by atoms with Crippen LogP contribution >= 0.6 is 0 Å². The summed E-state index contributed by atoms with van der Waals surface area (Å²) in [6, 6.07) is 9.20. The smallest absolute Gasteiger partial charge is 0.329 e. The molecule has 0 radical (unpaired) electrons. The van der Waals surface area contributed by atoms with Crippen molar-refractivity contribution in [2.45, 2.75) is 33.4 Å². The molecule has 174 valence electrons. The molecule has 1 amide bonds. The molecule has 4 rings (SSSR count). The molecular weight excluding hydrogens is 420 g/mol. The number of hydrogen-bond donors (Lipinski definition) is 2. The van der Waals surface area contributed by atoms with Gasteiger partial charge in [0.25, 0.3) is 11.5 Å². The number of aromatic nitrogens is 3. The molecule has 1 aliphatic heterocycles. The monoisotopic (exact) mass is 450 g/mol. The lowest BCUT2D eigenvalue weighted by molar-refractivity contribution is 0.0958. The number of carbonyl (C=O) groups is 1. The van der Waals surface area contributed by atoms with Crippen LogP contribution in [0.1, 0.15) is 41.6 Å². The van der Waals surface area contributed by atoms with Gasteiger partial charge in [-0.15, -0.1) is 0 Å². The minimum Gasteiger partial charge on any atom is -0.368 e. The number of nitrogens with one attached hydrogen (secondary N) is 2. The van der Waals surface area contributed by atoms with Crippen molar-refractivity contribution in [1.29, 1.82) is 0 Å². The second kappa shape index (κ2) is 9.19. The first-order valence-electron chi connectivity index (χ1n) is 11.2. The maximum atomic E-state index is 12.7. The van der Waals surface area contributed by atoms with E-state index in [2.05, 4.69) is 25.1 Å². The number of aromatic amines is 1. The predicted molar refractivity (Wildman–Crippen MR) is 129 cm³/mol. The Morgan fingerprint density at radius 2 is 1.85 bits per heavy atom. The van der Waals surface area contributed by atoms with E-state index in [0.29, 0.717) is 16.6 Å². The van der Waals surface area contributed by atoms with Gasteiger partial charge in [-0.05, 0) is 50.6 Å². The van der Waals surface area contributed by atoms with Crippen LogP contribution in [-0.2, 0) is 6.54 Å². The van der Waals surface area contributed by atoms with E-state index in [4.69, 9.17) is 0 Å². The minimum atomic E-state index is -0.375. The normalized spacial score (nSPS) is 14.8. The topological polar surface area (TPSA) is 103 Å². The summed E-state index contributed by atoms with van der Waals surface area (Å²) >= 11 is 0. The van der Waals surface area contributed by atoms with E-state index < -0.39 is 0 Å². The first-order valence-corrected chi connectivity index (χ1v) is 11.2. The van der Waals surface area contributed by atoms with E-state index in [-0.39, 0.29) is 23.2 Å². The van der Waals surface area contributed by atoms with Gasteiger partial charge in [-0.1, -0.05) is 6.07 Å². The number of benzene rings is 1. The van der Waals surface area contributed by atoms with Crippen LogP contribution in [0.4, 0.5) is 5.69 Å². The molecule has 9 nitrogen and oxygen atoms in total. The lowest BCUT2D eigenvalue weighted by atomic mass is 10.1. The van der Waals surface area contributed by atoms with Gasteiger partial charge in [-0.2, -0.15) is 0 Å². The van der Waals surface area contributed by atoms with Gasteiger partial charge < -0.3 is 15.2 Å². The zero-order chi connectivity index (χ0) is 23.7. The zero-order valence-corrected chi connectivity index (χ0v) is 19.5. The van der Waals surface area contributed by atoms with Gasteiger partial charge in [0.1, 0.15) is 5.69 Å². The summed E-state index contributed by atoms with van der Waals surface area (Å²) in [4.78, 5) is 48.7. The molecule has 1 saturated heterocycles. The highest BCUT2D eigenvalue weighted by Crippen LogP contribution is 2.21. The van der Waals surface area contributed by atoms with E-state index in [0.717, 1.165) is 49.7 Å². The fraction of sp³-hybridized carbons (Fsp3) is 0.417. The second-order valence-electron chi connectivity index (χ2n) is 8.72. The second-order valence-corrected chi connectivity index (χ2v) is 8.72. The number of rotatable bonds is 5. The van der Waals surface area contributed by atoms with Gasteiger partial charge in [0.15, 0.2) is 0 Å². The van der Waals surface area contributed by atoms with Crippen LogP contribution in [0, 0.1) is 6.92 Å². The highest BCUT2D eigenvalue weighted by atomic mass is 16.2. The molecule has 3 aromatic rings. The molecule has 0 atom stereocenters. The van der Waals surface area contributed by atoms with Gasteiger partial charge in [0, 0.05) is 45.8 Å². The van der Waals surface area contributed by atoms with Gasteiger partial charge in [-0.3, -0.25) is 19.1 Å². The molecule has 0 spiro atoms. The lowest BCUT2D eigenvalue weighted by Crippen LogP contribution is -2.46.